The van der Waals surface area contributed by atoms with Crippen LogP contribution >= 0.6 is 11.6 Å². The van der Waals surface area contributed by atoms with Gasteiger partial charge >= 0.3 is 0 Å². The Balaban J connectivity index is 1.76. The molecular weight excluding hydrogens is 366 g/mol. The molecule has 1 N–H and O–H groups in total. The maximum absolute atomic E-state index is 13.3. The van der Waals surface area contributed by atoms with Crippen LogP contribution in [0.2, 0.25) is 5.02 Å². The summed E-state index contributed by atoms with van der Waals surface area (Å²) in [5.41, 5.74) is 0.883. The molecule has 0 radical (unpaired) electrons. The van der Waals surface area contributed by atoms with Gasteiger partial charge in [-0.2, -0.15) is 0 Å². The third-order valence-electron chi connectivity index (χ3n) is 4.84. The van der Waals surface area contributed by atoms with E-state index in [1.165, 1.54) is 0 Å². The average molecular weight is 390 g/mol. The predicted molar refractivity (Wildman–Crippen MR) is 106 cm³/mol. The standard InChI is InChI=1S/C21H24ClNO4/c1-25-14-15-27-17-8-6-16(7-9-17)23-20(24)21(10-12-26-13-11-21)18-4-2-3-5-19(18)22/h2-9H,10-15H2,1H3,(H,23,24). The third kappa shape index (κ3) is 4.61. The molecule has 0 unspecified atom stereocenters. The van der Waals surface area contributed by atoms with Crippen LogP contribution < -0.4 is 10.1 Å². The highest BCUT2D eigenvalue weighted by Crippen LogP contribution is 2.39. The molecule has 1 aliphatic heterocycles. The molecule has 2 aromatic carbocycles. The molecule has 0 aromatic heterocycles. The number of carbonyl (C=O) groups excluding carboxylic acids is 1. The van der Waals surface area contributed by atoms with Crippen molar-refractivity contribution in [1.29, 1.82) is 0 Å². The fourth-order valence-electron chi connectivity index (χ4n) is 3.32. The summed E-state index contributed by atoms with van der Waals surface area (Å²) in [5.74, 6) is 0.670. The van der Waals surface area contributed by atoms with Gasteiger partial charge in [-0.3, -0.25) is 4.79 Å². The van der Waals surface area contributed by atoms with Gasteiger partial charge in [-0.25, -0.2) is 0 Å². The first-order valence-electron chi connectivity index (χ1n) is 9.02. The zero-order valence-electron chi connectivity index (χ0n) is 15.4. The van der Waals surface area contributed by atoms with Crippen LogP contribution in [0.3, 0.4) is 0 Å². The molecule has 0 aliphatic carbocycles. The number of hydrogen-bond donors (Lipinski definition) is 1. The normalized spacial score (nSPS) is 15.9. The van der Waals surface area contributed by atoms with Crippen LogP contribution in [0.15, 0.2) is 48.5 Å². The first-order chi connectivity index (χ1) is 13.2. The van der Waals surface area contributed by atoms with Crippen molar-refractivity contribution in [1.82, 2.24) is 0 Å². The monoisotopic (exact) mass is 389 g/mol. The van der Waals surface area contributed by atoms with Gasteiger partial charge in [-0.1, -0.05) is 29.8 Å². The number of amides is 1. The van der Waals surface area contributed by atoms with Crippen molar-refractivity contribution in [3.05, 3.63) is 59.1 Å². The Hall–Kier alpha value is -2.08. The van der Waals surface area contributed by atoms with Gasteiger partial charge < -0.3 is 19.5 Å². The van der Waals surface area contributed by atoms with E-state index in [1.807, 2.05) is 48.5 Å². The van der Waals surface area contributed by atoms with Crippen molar-refractivity contribution in [2.45, 2.75) is 18.3 Å². The first kappa shape index (κ1) is 19.7. The van der Waals surface area contributed by atoms with Crippen molar-refractivity contribution >= 4 is 23.2 Å². The Bertz CT molecular complexity index is 757. The summed E-state index contributed by atoms with van der Waals surface area (Å²) in [7, 11) is 1.63. The second kappa shape index (κ2) is 9.22. The summed E-state index contributed by atoms with van der Waals surface area (Å²) in [4.78, 5) is 13.3. The number of carbonyl (C=O) groups is 1. The van der Waals surface area contributed by atoms with Crippen LogP contribution in [0.5, 0.6) is 5.75 Å². The van der Waals surface area contributed by atoms with Gasteiger partial charge in [0.25, 0.3) is 0 Å². The van der Waals surface area contributed by atoms with Gasteiger partial charge in [-0.15, -0.1) is 0 Å². The Morgan fingerprint density at radius 3 is 2.48 bits per heavy atom. The van der Waals surface area contributed by atoms with Crippen molar-refractivity contribution in [2.24, 2.45) is 0 Å². The molecule has 27 heavy (non-hydrogen) atoms. The number of nitrogens with one attached hydrogen (secondary N) is 1. The van der Waals surface area contributed by atoms with Crippen molar-refractivity contribution < 1.29 is 19.0 Å². The number of halogens is 1. The van der Waals surface area contributed by atoms with E-state index >= 15 is 0 Å². The predicted octanol–water partition coefficient (Wildman–Crippen LogP) is 4.05. The summed E-state index contributed by atoms with van der Waals surface area (Å²) in [6.45, 7) is 2.08. The second-order valence-electron chi connectivity index (χ2n) is 6.49. The molecular formula is C21H24ClNO4. The molecule has 1 aliphatic rings. The molecule has 0 atom stereocenters. The van der Waals surface area contributed by atoms with Gasteiger partial charge in [0.05, 0.1) is 12.0 Å². The number of anilines is 1. The van der Waals surface area contributed by atoms with E-state index in [0.717, 1.165) is 17.0 Å². The lowest BCUT2D eigenvalue weighted by Gasteiger charge is -2.36. The topological polar surface area (TPSA) is 56.8 Å². The van der Waals surface area contributed by atoms with E-state index in [4.69, 9.17) is 25.8 Å². The molecule has 144 valence electrons. The highest BCUT2D eigenvalue weighted by Gasteiger charge is 2.43. The number of methoxy groups -OCH3 is 1. The van der Waals surface area contributed by atoms with Crippen LogP contribution in [0.25, 0.3) is 0 Å². The lowest BCUT2D eigenvalue weighted by molar-refractivity contribution is -0.125. The average Bonchev–Trinajstić information content (AvgIpc) is 2.70. The number of benzene rings is 2. The molecule has 5 nitrogen and oxygen atoms in total. The van der Waals surface area contributed by atoms with E-state index in [1.54, 1.807) is 7.11 Å². The highest BCUT2D eigenvalue weighted by atomic mass is 35.5. The number of rotatable bonds is 7. The lowest BCUT2D eigenvalue weighted by Crippen LogP contribution is -2.45. The molecule has 2 aromatic rings. The molecule has 0 spiro atoms. The van der Waals surface area contributed by atoms with Crippen molar-refractivity contribution in [2.75, 3.05) is 38.9 Å². The van der Waals surface area contributed by atoms with Crippen molar-refractivity contribution in [3.63, 3.8) is 0 Å². The number of ether oxygens (including phenoxy) is 3. The zero-order valence-corrected chi connectivity index (χ0v) is 16.1. The quantitative estimate of drug-likeness (QED) is 0.726. The van der Waals surface area contributed by atoms with E-state index in [9.17, 15) is 4.79 Å². The Kier molecular flexibility index (Phi) is 6.72. The van der Waals surface area contributed by atoms with Gasteiger partial charge in [0.2, 0.25) is 5.91 Å². The van der Waals surface area contributed by atoms with E-state index < -0.39 is 5.41 Å². The van der Waals surface area contributed by atoms with Crippen LogP contribution in [-0.4, -0.2) is 39.4 Å². The largest absolute Gasteiger partial charge is 0.491 e. The fourth-order valence-corrected chi connectivity index (χ4v) is 3.63. The zero-order chi connectivity index (χ0) is 19.1. The summed E-state index contributed by atoms with van der Waals surface area (Å²) >= 11 is 6.43. The van der Waals surface area contributed by atoms with E-state index in [-0.39, 0.29) is 5.91 Å². The molecule has 6 heteroatoms. The summed E-state index contributed by atoms with van der Waals surface area (Å²) in [6.07, 6.45) is 1.20. The van der Waals surface area contributed by atoms with Crippen LogP contribution in [0.1, 0.15) is 18.4 Å². The summed E-state index contributed by atoms with van der Waals surface area (Å²) in [5, 5.41) is 3.65. The minimum Gasteiger partial charge on any atom is -0.491 e. The smallest absolute Gasteiger partial charge is 0.235 e. The maximum atomic E-state index is 13.3. The van der Waals surface area contributed by atoms with E-state index in [0.29, 0.717) is 44.3 Å². The summed E-state index contributed by atoms with van der Waals surface area (Å²) < 4.78 is 16.0. The third-order valence-corrected chi connectivity index (χ3v) is 5.17. The minimum absolute atomic E-state index is 0.0630. The molecule has 1 heterocycles. The fraction of sp³-hybridized carbons (Fsp3) is 0.381. The van der Waals surface area contributed by atoms with Gasteiger partial charge in [-0.05, 0) is 48.7 Å². The Labute approximate surface area is 164 Å². The van der Waals surface area contributed by atoms with Crippen LogP contribution in [0.4, 0.5) is 5.69 Å². The Morgan fingerprint density at radius 2 is 1.81 bits per heavy atom. The van der Waals surface area contributed by atoms with Crippen LogP contribution in [-0.2, 0) is 19.7 Å². The van der Waals surface area contributed by atoms with Gasteiger partial charge in [0.1, 0.15) is 12.4 Å². The Morgan fingerprint density at radius 1 is 1.11 bits per heavy atom. The molecule has 1 saturated heterocycles. The summed E-state index contributed by atoms with van der Waals surface area (Å²) in [6, 6.07) is 14.9. The highest BCUT2D eigenvalue weighted by molar-refractivity contribution is 6.31. The van der Waals surface area contributed by atoms with Crippen LogP contribution in [0, 0.1) is 0 Å². The lowest BCUT2D eigenvalue weighted by atomic mass is 9.73. The first-order valence-corrected chi connectivity index (χ1v) is 9.39. The van der Waals surface area contributed by atoms with E-state index in [2.05, 4.69) is 5.32 Å². The molecule has 0 saturated carbocycles. The maximum Gasteiger partial charge on any atom is 0.235 e. The number of hydrogen-bond acceptors (Lipinski definition) is 4. The minimum atomic E-state index is -0.690. The van der Waals surface area contributed by atoms with Gasteiger partial charge in [0.15, 0.2) is 0 Å². The molecule has 1 fully saturated rings. The SMILES string of the molecule is COCCOc1ccc(NC(=O)C2(c3ccccc3Cl)CCOCC2)cc1. The molecule has 0 bridgehead atoms. The van der Waals surface area contributed by atoms with Crippen molar-refractivity contribution in [3.8, 4) is 5.75 Å². The molecule has 3 rings (SSSR count). The molecule has 1 amide bonds. The second-order valence-corrected chi connectivity index (χ2v) is 6.90. The van der Waals surface area contributed by atoms with Gasteiger partial charge in [0, 0.05) is 31.0 Å².